The SMILES string of the molecule is OB(O)c1cccc(C2CCOCC2)c1. The molecular weight excluding hydrogens is 191 g/mol. The zero-order chi connectivity index (χ0) is 10.7. The molecule has 0 aromatic heterocycles. The zero-order valence-corrected chi connectivity index (χ0v) is 8.60. The molecule has 15 heavy (non-hydrogen) atoms. The van der Waals surface area contributed by atoms with Crippen LogP contribution in [0.25, 0.3) is 0 Å². The van der Waals surface area contributed by atoms with Crippen LogP contribution in [0, 0.1) is 0 Å². The molecular formula is C11H15BO3. The molecule has 0 aliphatic carbocycles. The van der Waals surface area contributed by atoms with Gasteiger partial charge < -0.3 is 14.8 Å². The number of hydrogen-bond donors (Lipinski definition) is 2. The van der Waals surface area contributed by atoms with Crippen molar-refractivity contribution < 1.29 is 14.8 Å². The predicted octanol–water partition coefficient (Wildman–Crippen LogP) is 0.260. The number of hydrogen-bond acceptors (Lipinski definition) is 3. The molecule has 2 rings (SSSR count). The molecule has 0 saturated carbocycles. The third kappa shape index (κ3) is 2.59. The Morgan fingerprint density at radius 3 is 2.60 bits per heavy atom. The first-order valence-electron chi connectivity index (χ1n) is 5.31. The molecule has 0 unspecified atom stereocenters. The summed E-state index contributed by atoms with van der Waals surface area (Å²) in [6, 6.07) is 7.52. The number of benzene rings is 1. The van der Waals surface area contributed by atoms with Gasteiger partial charge in [-0.1, -0.05) is 24.3 Å². The van der Waals surface area contributed by atoms with E-state index in [4.69, 9.17) is 14.8 Å². The molecule has 1 aliphatic heterocycles. The Hall–Kier alpha value is -0.835. The van der Waals surface area contributed by atoms with Crippen molar-refractivity contribution in [3.05, 3.63) is 29.8 Å². The van der Waals surface area contributed by atoms with Gasteiger partial charge in [-0.05, 0) is 29.8 Å². The highest BCUT2D eigenvalue weighted by molar-refractivity contribution is 6.58. The highest BCUT2D eigenvalue weighted by atomic mass is 16.5. The first kappa shape index (κ1) is 10.7. The minimum atomic E-state index is -1.37. The van der Waals surface area contributed by atoms with E-state index in [1.807, 2.05) is 18.2 Å². The molecule has 0 radical (unpaired) electrons. The van der Waals surface area contributed by atoms with Gasteiger partial charge in [0.2, 0.25) is 0 Å². The Balaban J connectivity index is 2.16. The van der Waals surface area contributed by atoms with Crippen molar-refractivity contribution in [2.75, 3.05) is 13.2 Å². The quantitative estimate of drug-likeness (QED) is 0.682. The van der Waals surface area contributed by atoms with Crippen molar-refractivity contribution in [1.82, 2.24) is 0 Å². The molecule has 4 heteroatoms. The fourth-order valence-electron chi connectivity index (χ4n) is 2.00. The highest BCUT2D eigenvalue weighted by Gasteiger charge is 2.18. The number of rotatable bonds is 2. The normalized spacial score (nSPS) is 17.7. The van der Waals surface area contributed by atoms with Gasteiger partial charge in [-0.25, -0.2) is 0 Å². The highest BCUT2D eigenvalue weighted by Crippen LogP contribution is 2.25. The summed E-state index contributed by atoms with van der Waals surface area (Å²) in [7, 11) is -1.37. The molecule has 1 aromatic carbocycles. The fourth-order valence-corrected chi connectivity index (χ4v) is 2.00. The minimum Gasteiger partial charge on any atom is -0.423 e. The van der Waals surface area contributed by atoms with Crippen molar-refractivity contribution in [1.29, 1.82) is 0 Å². The Morgan fingerprint density at radius 2 is 1.93 bits per heavy atom. The third-order valence-electron chi connectivity index (χ3n) is 2.90. The van der Waals surface area contributed by atoms with E-state index < -0.39 is 7.12 Å². The van der Waals surface area contributed by atoms with Gasteiger partial charge in [-0.2, -0.15) is 0 Å². The zero-order valence-electron chi connectivity index (χ0n) is 8.60. The topological polar surface area (TPSA) is 49.7 Å². The summed E-state index contributed by atoms with van der Waals surface area (Å²) in [5, 5.41) is 18.2. The van der Waals surface area contributed by atoms with Gasteiger partial charge >= 0.3 is 7.12 Å². The Bertz CT molecular complexity index is 321. The maximum Gasteiger partial charge on any atom is 0.488 e. The largest absolute Gasteiger partial charge is 0.488 e. The van der Waals surface area contributed by atoms with Gasteiger partial charge in [0, 0.05) is 13.2 Å². The monoisotopic (exact) mass is 206 g/mol. The molecule has 0 amide bonds. The number of ether oxygens (including phenoxy) is 1. The van der Waals surface area contributed by atoms with Crippen molar-refractivity contribution in [2.24, 2.45) is 0 Å². The lowest BCUT2D eigenvalue weighted by molar-refractivity contribution is 0.0853. The van der Waals surface area contributed by atoms with Crippen LogP contribution >= 0.6 is 0 Å². The fraction of sp³-hybridized carbons (Fsp3) is 0.455. The minimum absolute atomic E-state index is 0.498. The molecule has 80 valence electrons. The Labute approximate surface area is 89.8 Å². The first-order chi connectivity index (χ1) is 7.27. The van der Waals surface area contributed by atoms with Crippen LogP contribution in [-0.2, 0) is 4.74 Å². The average molecular weight is 206 g/mol. The van der Waals surface area contributed by atoms with Crippen LogP contribution in [0.15, 0.2) is 24.3 Å². The summed E-state index contributed by atoms with van der Waals surface area (Å²) in [5.41, 5.74) is 1.75. The summed E-state index contributed by atoms with van der Waals surface area (Å²) in [4.78, 5) is 0. The maximum atomic E-state index is 9.08. The molecule has 1 aliphatic rings. The van der Waals surface area contributed by atoms with E-state index in [1.165, 1.54) is 5.56 Å². The lowest BCUT2D eigenvalue weighted by atomic mass is 9.78. The first-order valence-corrected chi connectivity index (χ1v) is 5.31. The van der Waals surface area contributed by atoms with Gasteiger partial charge in [0.1, 0.15) is 0 Å². The molecule has 3 nitrogen and oxygen atoms in total. The smallest absolute Gasteiger partial charge is 0.423 e. The summed E-state index contributed by atoms with van der Waals surface area (Å²) >= 11 is 0. The van der Waals surface area contributed by atoms with Crippen LogP contribution in [-0.4, -0.2) is 30.4 Å². The van der Waals surface area contributed by atoms with E-state index in [0.29, 0.717) is 11.4 Å². The van der Waals surface area contributed by atoms with Gasteiger partial charge in [0.25, 0.3) is 0 Å². The van der Waals surface area contributed by atoms with Crippen LogP contribution in [0.3, 0.4) is 0 Å². The molecule has 0 spiro atoms. The third-order valence-corrected chi connectivity index (χ3v) is 2.90. The molecule has 1 fully saturated rings. The van der Waals surface area contributed by atoms with Crippen LogP contribution in [0.5, 0.6) is 0 Å². The predicted molar refractivity (Wildman–Crippen MR) is 59.1 cm³/mol. The second-order valence-corrected chi connectivity index (χ2v) is 3.93. The van der Waals surface area contributed by atoms with E-state index in [0.717, 1.165) is 26.1 Å². The summed E-state index contributed by atoms with van der Waals surface area (Å²) in [6.45, 7) is 1.60. The van der Waals surface area contributed by atoms with E-state index in [1.54, 1.807) is 6.07 Å². The van der Waals surface area contributed by atoms with Crippen LogP contribution in [0.4, 0.5) is 0 Å². The van der Waals surface area contributed by atoms with Crippen LogP contribution < -0.4 is 5.46 Å². The molecule has 2 N–H and O–H groups in total. The summed E-state index contributed by atoms with van der Waals surface area (Å²) < 4.78 is 5.30. The van der Waals surface area contributed by atoms with Crippen LogP contribution in [0.2, 0.25) is 0 Å². The van der Waals surface area contributed by atoms with Crippen molar-refractivity contribution >= 4 is 12.6 Å². The van der Waals surface area contributed by atoms with Gasteiger partial charge in [-0.15, -0.1) is 0 Å². The van der Waals surface area contributed by atoms with E-state index in [9.17, 15) is 0 Å². The van der Waals surface area contributed by atoms with E-state index in [2.05, 4.69) is 0 Å². The van der Waals surface area contributed by atoms with Crippen molar-refractivity contribution in [2.45, 2.75) is 18.8 Å². The van der Waals surface area contributed by atoms with Gasteiger partial charge in [0.05, 0.1) is 0 Å². The average Bonchev–Trinajstić information content (AvgIpc) is 2.30. The standard InChI is InChI=1S/C11H15BO3/c13-12(14)11-3-1-2-10(8-11)9-4-6-15-7-5-9/h1-3,8-9,13-14H,4-7H2. The second kappa shape index (κ2) is 4.79. The lowest BCUT2D eigenvalue weighted by Gasteiger charge is -2.22. The molecule has 1 saturated heterocycles. The van der Waals surface area contributed by atoms with Crippen LogP contribution in [0.1, 0.15) is 24.3 Å². The second-order valence-electron chi connectivity index (χ2n) is 3.93. The summed E-state index contributed by atoms with van der Waals surface area (Å²) in [5.74, 6) is 0.498. The lowest BCUT2D eigenvalue weighted by Crippen LogP contribution is -2.30. The maximum absolute atomic E-state index is 9.08. The molecule has 0 bridgehead atoms. The van der Waals surface area contributed by atoms with Gasteiger partial charge in [0.15, 0.2) is 0 Å². The van der Waals surface area contributed by atoms with Crippen molar-refractivity contribution in [3.8, 4) is 0 Å². The van der Waals surface area contributed by atoms with E-state index >= 15 is 0 Å². The van der Waals surface area contributed by atoms with Gasteiger partial charge in [-0.3, -0.25) is 0 Å². The molecule has 1 heterocycles. The molecule has 1 aromatic rings. The Kier molecular flexibility index (Phi) is 3.41. The molecule has 0 atom stereocenters. The summed E-state index contributed by atoms with van der Waals surface area (Å²) in [6.07, 6.45) is 2.04. The van der Waals surface area contributed by atoms with Crippen molar-refractivity contribution in [3.63, 3.8) is 0 Å². The van der Waals surface area contributed by atoms with E-state index in [-0.39, 0.29) is 0 Å². The Morgan fingerprint density at radius 1 is 1.20 bits per heavy atom.